The van der Waals surface area contributed by atoms with Crippen LogP contribution in [0.3, 0.4) is 0 Å². The maximum atomic E-state index is 11.9. The smallest absolute Gasteiger partial charge is 0.258 e. The fourth-order valence-electron chi connectivity index (χ4n) is 2.33. The molecule has 0 saturated carbocycles. The molecular weight excluding hydrogens is 222 g/mol. The van der Waals surface area contributed by atoms with Gasteiger partial charge in [0.2, 0.25) is 0 Å². The van der Waals surface area contributed by atoms with Crippen molar-refractivity contribution in [1.29, 1.82) is 0 Å². The van der Waals surface area contributed by atoms with E-state index in [4.69, 9.17) is 4.74 Å². The lowest BCUT2D eigenvalue weighted by atomic mass is 10.2. The number of rotatable bonds is 3. The molecule has 2 amide bonds. The molecule has 2 unspecified atom stereocenters. The third-order valence-corrected chi connectivity index (χ3v) is 3.26. The number of hydrogen-bond donors (Lipinski definition) is 1. The van der Waals surface area contributed by atoms with Gasteiger partial charge in [-0.2, -0.15) is 0 Å². The monoisotopic (exact) mass is 235 g/mol. The number of hydrogen-bond acceptors (Lipinski definition) is 4. The van der Waals surface area contributed by atoms with E-state index in [0.29, 0.717) is 25.8 Å². The predicted molar refractivity (Wildman–Crippen MR) is 56.9 cm³/mol. The van der Waals surface area contributed by atoms with Gasteiger partial charge < -0.3 is 9.72 Å². The Labute approximate surface area is 98.0 Å². The van der Waals surface area contributed by atoms with E-state index >= 15 is 0 Å². The van der Waals surface area contributed by atoms with Crippen molar-refractivity contribution in [2.75, 3.05) is 6.54 Å². The lowest BCUT2D eigenvalue weighted by Gasteiger charge is -2.29. The molecule has 17 heavy (non-hydrogen) atoms. The number of amides is 2. The Balaban J connectivity index is 1.69. The van der Waals surface area contributed by atoms with Crippen LogP contribution in [0, 0.1) is 0 Å². The third kappa shape index (κ3) is 1.74. The van der Waals surface area contributed by atoms with Crippen molar-refractivity contribution in [2.24, 2.45) is 0 Å². The Hall–Kier alpha value is -1.69. The second-order valence-electron chi connectivity index (χ2n) is 4.35. The first-order valence-electron chi connectivity index (χ1n) is 5.73. The topological polar surface area (TPSA) is 75.3 Å². The molecule has 2 atom stereocenters. The number of nitrogens with one attached hydrogen (secondary N) is 1. The van der Waals surface area contributed by atoms with Gasteiger partial charge in [-0.05, 0) is 12.8 Å². The van der Waals surface area contributed by atoms with Gasteiger partial charge in [-0.3, -0.25) is 14.5 Å². The predicted octanol–water partition coefficient (Wildman–Crippen LogP) is -0.131. The summed E-state index contributed by atoms with van der Waals surface area (Å²) in [5, 5.41) is 0. The Kier molecular flexibility index (Phi) is 2.44. The first kappa shape index (κ1) is 10.5. The second kappa shape index (κ2) is 3.96. The van der Waals surface area contributed by atoms with Crippen LogP contribution < -0.4 is 0 Å². The molecule has 0 spiro atoms. The lowest BCUT2D eigenvalue weighted by molar-refractivity contribution is -0.168. The first-order chi connectivity index (χ1) is 8.25. The fraction of sp³-hybridized carbons (Fsp3) is 0.545. The third-order valence-electron chi connectivity index (χ3n) is 3.26. The highest BCUT2D eigenvalue weighted by Gasteiger charge is 2.46. The van der Waals surface area contributed by atoms with Crippen LogP contribution in [0.5, 0.6) is 0 Å². The van der Waals surface area contributed by atoms with Gasteiger partial charge in [0.15, 0.2) is 0 Å². The SMILES string of the molecule is O=C1C2CCC(O2)C(=O)N1CCc1cnc[nH]1. The molecule has 2 aliphatic rings. The minimum atomic E-state index is -0.403. The number of nitrogens with zero attached hydrogens (tertiary/aromatic N) is 2. The summed E-state index contributed by atoms with van der Waals surface area (Å²) in [6.45, 7) is 0.399. The van der Waals surface area contributed by atoms with Crippen LogP contribution in [0.2, 0.25) is 0 Å². The van der Waals surface area contributed by atoms with Crippen molar-refractivity contribution in [1.82, 2.24) is 14.9 Å². The molecule has 2 bridgehead atoms. The number of imidazole rings is 1. The Morgan fingerprint density at radius 2 is 2.06 bits per heavy atom. The normalized spacial score (nSPS) is 27.9. The summed E-state index contributed by atoms with van der Waals surface area (Å²) in [7, 11) is 0. The van der Waals surface area contributed by atoms with E-state index in [1.54, 1.807) is 12.5 Å². The summed E-state index contributed by atoms with van der Waals surface area (Å²) in [6, 6.07) is 0. The maximum Gasteiger partial charge on any atom is 0.258 e. The quantitative estimate of drug-likeness (QED) is 0.740. The van der Waals surface area contributed by atoms with Crippen LogP contribution in [0.4, 0.5) is 0 Å². The van der Waals surface area contributed by atoms with E-state index in [0.717, 1.165) is 5.69 Å². The Morgan fingerprint density at radius 1 is 1.35 bits per heavy atom. The number of aromatic nitrogens is 2. The van der Waals surface area contributed by atoms with Crippen LogP contribution in [-0.2, 0) is 20.7 Å². The zero-order valence-electron chi connectivity index (χ0n) is 9.26. The second-order valence-corrected chi connectivity index (χ2v) is 4.35. The number of carbonyl (C=O) groups is 2. The molecule has 3 heterocycles. The maximum absolute atomic E-state index is 11.9. The van der Waals surface area contributed by atoms with Crippen molar-refractivity contribution >= 4 is 11.8 Å². The van der Waals surface area contributed by atoms with Gasteiger partial charge in [0.05, 0.1) is 6.33 Å². The number of morpholine rings is 1. The molecule has 1 aromatic heterocycles. The van der Waals surface area contributed by atoms with E-state index < -0.39 is 12.2 Å². The Morgan fingerprint density at radius 3 is 2.65 bits per heavy atom. The zero-order chi connectivity index (χ0) is 11.8. The summed E-state index contributed by atoms with van der Waals surface area (Å²) in [4.78, 5) is 32.0. The van der Waals surface area contributed by atoms with Gasteiger partial charge in [-0.1, -0.05) is 0 Å². The molecule has 0 aromatic carbocycles. The van der Waals surface area contributed by atoms with Crippen molar-refractivity contribution in [3.05, 3.63) is 18.2 Å². The van der Waals surface area contributed by atoms with Crippen LogP contribution in [-0.4, -0.2) is 45.4 Å². The summed E-state index contributed by atoms with van der Waals surface area (Å²) in [5.74, 6) is -0.383. The summed E-state index contributed by atoms with van der Waals surface area (Å²) < 4.78 is 5.33. The van der Waals surface area contributed by atoms with Gasteiger partial charge in [0.25, 0.3) is 11.8 Å². The largest absolute Gasteiger partial charge is 0.355 e. The average molecular weight is 235 g/mol. The standard InChI is InChI=1S/C11H13N3O3/c15-10-8-1-2-9(17-8)11(16)14(10)4-3-7-5-12-6-13-7/h5-6,8-9H,1-4H2,(H,12,13). The Bertz CT molecular complexity index is 421. The molecule has 0 aliphatic carbocycles. The minimum absolute atomic E-state index is 0.191. The molecule has 2 aliphatic heterocycles. The van der Waals surface area contributed by atoms with Gasteiger partial charge in [0, 0.05) is 24.9 Å². The number of imide groups is 1. The van der Waals surface area contributed by atoms with E-state index in [1.165, 1.54) is 4.90 Å². The zero-order valence-corrected chi connectivity index (χ0v) is 9.26. The van der Waals surface area contributed by atoms with Gasteiger partial charge in [-0.15, -0.1) is 0 Å². The van der Waals surface area contributed by atoms with Gasteiger partial charge >= 0.3 is 0 Å². The van der Waals surface area contributed by atoms with Crippen molar-refractivity contribution in [3.63, 3.8) is 0 Å². The number of ether oxygens (including phenoxy) is 1. The minimum Gasteiger partial charge on any atom is -0.355 e. The molecule has 2 saturated heterocycles. The fourth-order valence-corrected chi connectivity index (χ4v) is 2.33. The molecule has 0 radical (unpaired) electrons. The first-order valence-corrected chi connectivity index (χ1v) is 5.73. The number of carbonyl (C=O) groups excluding carboxylic acids is 2. The van der Waals surface area contributed by atoms with Crippen LogP contribution in [0.25, 0.3) is 0 Å². The van der Waals surface area contributed by atoms with Crippen LogP contribution >= 0.6 is 0 Å². The number of aromatic amines is 1. The number of likely N-dealkylation sites (tertiary alicyclic amines) is 1. The highest BCUT2D eigenvalue weighted by molar-refractivity contribution is 6.02. The molecular formula is C11H13N3O3. The number of fused-ring (bicyclic) bond motifs is 2. The molecule has 3 rings (SSSR count). The van der Waals surface area contributed by atoms with E-state index in [2.05, 4.69) is 9.97 Å². The van der Waals surface area contributed by atoms with E-state index in [9.17, 15) is 9.59 Å². The average Bonchev–Trinajstić information content (AvgIpc) is 2.97. The molecule has 6 heteroatoms. The molecule has 2 fully saturated rings. The highest BCUT2D eigenvalue weighted by Crippen LogP contribution is 2.28. The number of H-pyrrole nitrogens is 1. The van der Waals surface area contributed by atoms with Crippen LogP contribution in [0.1, 0.15) is 18.5 Å². The highest BCUT2D eigenvalue weighted by atomic mass is 16.5. The van der Waals surface area contributed by atoms with Crippen LogP contribution in [0.15, 0.2) is 12.5 Å². The van der Waals surface area contributed by atoms with Gasteiger partial charge in [0.1, 0.15) is 12.2 Å². The van der Waals surface area contributed by atoms with Crippen molar-refractivity contribution < 1.29 is 14.3 Å². The van der Waals surface area contributed by atoms with Crippen molar-refractivity contribution in [3.8, 4) is 0 Å². The molecule has 1 aromatic rings. The summed E-state index contributed by atoms with van der Waals surface area (Å²) in [5.41, 5.74) is 0.921. The summed E-state index contributed by atoms with van der Waals surface area (Å²) in [6.07, 6.45) is 4.41. The lowest BCUT2D eigenvalue weighted by Crippen LogP contribution is -2.52. The van der Waals surface area contributed by atoms with Crippen molar-refractivity contribution in [2.45, 2.75) is 31.5 Å². The van der Waals surface area contributed by atoms with E-state index in [-0.39, 0.29) is 11.8 Å². The summed E-state index contributed by atoms with van der Waals surface area (Å²) >= 11 is 0. The molecule has 1 N–H and O–H groups in total. The molecule has 6 nitrogen and oxygen atoms in total. The van der Waals surface area contributed by atoms with Gasteiger partial charge in [-0.25, -0.2) is 4.98 Å². The molecule has 90 valence electrons. The van der Waals surface area contributed by atoms with E-state index in [1.807, 2.05) is 0 Å².